The molecule has 6 nitrogen and oxygen atoms in total. The summed E-state index contributed by atoms with van der Waals surface area (Å²) < 4.78 is 48.4. The lowest BCUT2D eigenvalue weighted by Gasteiger charge is -2.65. The van der Waals surface area contributed by atoms with E-state index in [0.717, 1.165) is 37.8 Å². The first-order valence-electron chi connectivity index (χ1n) is 13.0. The van der Waals surface area contributed by atoms with Crippen molar-refractivity contribution in [3.63, 3.8) is 0 Å². The molecular weight excluding hydrogens is 497 g/mol. The van der Waals surface area contributed by atoms with Crippen LogP contribution in [0.4, 0.5) is 13.2 Å². The first kappa shape index (κ1) is 25.1. The predicted molar refractivity (Wildman–Crippen MR) is 135 cm³/mol. The van der Waals surface area contributed by atoms with E-state index < -0.39 is 6.36 Å². The Balaban J connectivity index is 1.30. The molecule has 6 rings (SSSR count). The van der Waals surface area contributed by atoms with Gasteiger partial charge in [0.05, 0.1) is 6.04 Å². The average Bonchev–Trinajstić information content (AvgIpc) is 3.21. The Morgan fingerprint density at radius 3 is 2.82 bits per heavy atom. The highest BCUT2D eigenvalue weighted by Gasteiger charge is 2.71. The van der Waals surface area contributed by atoms with Gasteiger partial charge in [-0.1, -0.05) is 25.1 Å². The summed E-state index contributed by atoms with van der Waals surface area (Å²) in [5.41, 5.74) is 2.39. The van der Waals surface area contributed by atoms with E-state index >= 15 is 0 Å². The van der Waals surface area contributed by atoms with E-state index in [-0.39, 0.29) is 40.4 Å². The van der Waals surface area contributed by atoms with Crippen LogP contribution in [0.3, 0.4) is 0 Å². The Morgan fingerprint density at radius 2 is 2.05 bits per heavy atom. The number of benzene rings is 2. The first-order valence-corrected chi connectivity index (χ1v) is 13.0. The number of carbonyl (C=O) groups excluding carboxylic acids is 1. The fraction of sp³-hybridized carbons (Fsp3) is 0.483. The SMILES string of the molecule is CN1CC[C@]23c4c5ccc(O)c4O[C@H]2[C@@H](N(C)C(=O)C=Cc2cccc(OC(F)(F)F)c2)CC[C@@]3(C)[C@H]1C5. The van der Waals surface area contributed by atoms with Gasteiger partial charge in [-0.3, -0.25) is 4.79 Å². The van der Waals surface area contributed by atoms with Crippen molar-refractivity contribution in [1.82, 2.24) is 9.80 Å². The second-order valence-electron chi connectivity index (χ2n) is 11.3. The minimum Gasteiger partial charge on any atom is -0.504 e. The molecule has 2 aromatic carbocycles. The molecule has 2 heterocycles. The van der Waals surface area contributed by atoms with Gasteiger partial charge in [0.15, 0.2) is 11.5 Å². The summed E-state index contributed by atoms with van der Waals surface area (Å²) in [6.45, 7) is 3.26. The fourth-order valence-electron chi connectivity index (χ4n) is 7.86. The molecule has 1 spiro atoms. The highest BCUT2D eigenvalue weighted by atomic mass is 19.4. The average molecular weight is 529 g/mol. The lowest BCUT2D eigenvalue weighted by molar-refractivity contribution is -0.274. The molecule has 1 amide bonds. The number of likely N-dealkylation sites (N-methyl/N-ethyl adjacent to an activating group) is 2. The van der Waals surface area contributed by atoms with Gasteiger partial charge in [0.25, 0.3) is 0 Å². The Bertz CT molecular complexity index is 1330. The number of piperidine rings is 1. The molecule has 0 aromatic heterocycles. The molecule has 1 saturated carbocycles. The maximum atomic E-state index is 13.3. The van der Waals surface area contributed by atoms with Crippen molar-refractivity contribution in [3.05, 3.63) is 59.2 Å². The number of phenols is 1. The number of halogens is 3. The van der Waals surface area contributed by atoms with Gasteiger partial charge in [-0.2, -0.15) is 0 Å². The van der Waals surface area contributed by atoms with Crippen molar-refractivity contribution in [3.8, 4) is 17.2 Å². The molecule has 9 heteroatoms. The molecule has 2 fully saturated rings. The van der Waals surface area contributed by atoms with E-state index in [2.05, 4.69) is 23.6 Å². The van der Waals surface area contributed by atoms with Crippen molar-refractivity contribution in [2.45, 2.75) is 62.6 Å². The molecule has 0 radical (unpaired) electrons. The van der Waals surface area contributed by atoms with Crippen LogP contribution in [0, 0.1) is 5.41 Å². The number of aromatic hydroxyl groups is 1. The Morgan fingerprint density at radius 1 is 1.26 bits per heavy atom. The normalized spacial score (nSPS) is 31.6. The number of hydrogen-bond donors (Lipinski definition) is 1. The van der Waals surface area contributed by atoms with Crippen molar-refractivity contribution < 1.29 is 32.5 Å². The summed E-state index contributed by atoms with van der Waals surface area (Å²) in [5.74, 6) is 0.0988. The highest BCUT2D eigenvalue weighted by Crippen LogP contribution is 2.69. The molecule has 1 saturated heterocycles. The van der Waals surface area contributed by atoms with E-state index in [0.29, 0.717) is 17.4 Å². The van der Waals surface area contributed by atoms with Crippen LogP contribution in [-0.4, -0.2) is 66.0 Å². The van der Waals surface area contributed by atoms with E-state index in [1.165, 1.54) is 35.9 Å². The van der Waals surface area contributed by atoms with Crippen molar-refractivity contribution in [2.75, 3.05) is 20.6 Å². The molecular formula is C29H31F3N2O4. The predicted octanol–water partition coefficient (Wildman–Crippen LogP) is 4.89. The number of carbonyl (C=O) groups is 1. The largest absolute Gasteiger partial charge is 0.573 e. The summed E-state index contributed by atoms with van der Waals surface area (Å²) >= 11 is 0. The van der Waals surface area contributed by atoms with Crippen LogP contribution in [0.2, 0.25) is 0 Å². The zero-order valence-corrected chi connectivity index (χ0v) is 21.6. The monoisotopic (exact) mass is 528 g/mol. The molecule has 38 heavy (non-hydrogen) atoms. The minimum atomic E-state index is -4.79. The lowest BCUT2D eigenvalue weighted by Crippen LogP contribution is -2.73. The quantitative estimate of drug-likeness (QED) is 0.573. The topological polar surface area (TPSA) is 62.2 Å². The first-order chi connectivity index (χ1) is 17.9. The maximum absolute atomic E-state index is 13.3. The van der Waals surface area contributed by atoms with Crippen LogP contribution in [0.5, 0.6) is 17.2 Å². The molecule has 4 aliphatic rings. The standard InChI is InChI=1S/C29H31F3N2O4/c1-27-12-11-20(34(3)23(36)10-7-17-5-4-6-19(15-17)38-29(30,31)32)26-28(27)13-14-33(2)22(27)16-18-8-9-21(35)25(37-26)24(18)28/h4-10,15,20,22,26,35H,11-14,16H2,1-3H3/t20-,22+,26-,27-,28-/m0/s1. The van der Waals surface area contributed by atoms with Gasteiger partial charge < -0.3 is 24.4 Å². The van der Waals surface area contributed by atoms with E-state index in [4.69, 9.17) is 4.74 Å². The second kappa shape index (κ2) is 8.40. The molecule has 202 valence electrons. The molecule has 2 aliphatic heterocycles. The zero-order chi connectivity index (χ0) is 27.0. The van der Waals surface area contributed by atoms with E-state index in [1.54, 1.807) is 24.1 Å². The van der Waals surface area contributed by atoms with Crippen molar-refractivity contribution >= 4 is 12.0 Å². The third kappa shape index (κ3) is 3.54. The summed E-state index contributed by atoms with van der Waals surface area (Å²) in [5, 5.41) is 10.8. The number of rotatable bonds is 4. The van der Waals surface area contributed by atoms with Crippen LogP contribution in [0.25, 0.3) is 6.08 Å². The van der Waals surface area contributed by atoms with Crippen LogP contribution < -0.4 is 9.47 Å². The zero-order valence-electron chi connectivity index (χ0n) is 21.6. The number of ether oxygens (including phenoxy) is 2. The second-order valence-corrected chi connectivity index (χ2v) is 11.3. The van der Waals surface area contributed by atoms with Crippen molar-refractivity contribution in [2.24, 2.45) is 5.41 Å². The summed E-state index contributed by atoms with van der Waals surface area (Å²) in [6, 6.07) is 9.37. The number of likely N-dealkylation sites (tertiary alicyclic amines) is 1. The number of phenolic OH excluding ortho intramolecular Hbond substituents is 1. The molecule has 1 N–H and O–H groups in total. The van der Waals surface area contributed by atoms with Gasteiger partial charge in [0.2, 0.25) is 5.91 Å². The van der Waals surface area contributed by atoms with E-state index in [1.807, 2.05) is 6.07 Å². The molecule has 2 aliphatic carbocycles. The summed E-state index contributed by atoms with van der Waals surface area (Å²) in [4.78, 5) is 17.5. The Labute approximate surface area is 219 Å². The van der Waals surface area contributed by atoms with Gasteiger partial charge in [0, 0.05) is 30.1 Å². The van der Waals surface area contributed by atoms with Crippen LogP contribution in [-0.2, 0) is 16.6 Å². The third-order valence-corrected chi connectivity index (χ3v) is 9.62. The molecule has 2 aromatic rings. The third-order valence-electron chi connectivity index (χ3n) is 9.62. The molecule has 2 bridgehead atoms. The van der Waals surface area contributed by atoms with E-state index in [9.17, 15) is 23.1 Å². The van der Waals surface area contributed by atoms with Gasteiger partial charge >= 0.3 is 6.36 Å². The maximum Gasteiger partial charge on any atom is 0.573 e. The summed E-state index contributed by atoms with van der Waals surface area (Å²) in [6.07, 6.45) is 1.24. The van der Waals surface area contributed by atoms with Crippen LogP contribution in [0.1, 0.15) is 42.9 Å². The van der Waals surface area contributed by atoms with Crippen molar-refractivity contribution in [1.29, 1.82) is 0 Å². The minimum absolute atomic E-state index is 0.0636. The number of nitrogens with zero attached hydrogens (tertiary/aromatic N) is 2. The highest BCUT2D eigenvalue weighted by molar-refractivity contribution is 5.92. The smallest absolute Gasteiger partial charge is 0.504 e. The molecule has 5 atom stereocenters. The van der Waals surface area contributed by atoms with Crippen LogP contribution in [0.15, 0.2) is 42.5 Å². The fourth-order valence-corrected chi connectivity index (χ4v) is 7.86. The van der Waals surface area contributed by atoms with Gasteiger partial charge in [-0.25, -0.2) is 0 Å². The van der Waals surface area contributed by atoms with Crippen LogP contribution >= 0.6 is 0 Å². The number of amides is 1. The Hall–Kier alpha value is -3.20. The summed E-state index contributed by atoms with van der Waals surface area (Å²) in [7, 11) is 3.93. The Kier molecular flexibility index (Phi) is 5.55. The molecule has 0 unspecified atom stereocenters. The van der Waals surface area contributed by atoms with Gasteiger partial charge in [0.1, 0.15) is 11.9 Å². The van der Waals surface area contributed by atoms with Gasteiger partial charge in [-0.15, -0.1) is 13.2 Å². The lowest BCUT2D eigenvalue weighted by atomic mass is 9.43. The van der Waals surface area contributed by atoms with Gasteiger partial charge in [-0.05, 0) is 80.1 Å². The number of alkyl halides is 3. The number of hydrogen-bond acceptors (Lipinski definition) is 5.